The Labute approximate surface area is 172 Å². The summed E-state index contributed by atoms with van der Waals surface area (Å²) in [5.74, 6) is 0.215. The Balaban J connectivity index is 1.47. The van der Waals surface area contributed by atoms with Gasteiger partial charge in [-0.05, 0) is 36.0 Å². The molecule has 2 heterocycles. The molecular formula is C23H27NO4S. The fourth-order valence-corrected chi connectivity index (χ4v) is 5.94. The average molecular weight is 414 g/mol. The minimum absolute atomic E-state index is 0.0164. The van der Waals surface area contributed by atoms with Crippen molar-refractivity contribution in [3.8, 4) is 11.1 Å². The van der Waals surface area contributed by atoms with E-state index in [9.17, 15) is 13.2 Å². The summed E-state index contributed by atoms with van der Waals surface area (Å²) in [6.07, 6.45) is 2.74. The quantitative estimate of drug-likeness (QED) is 0.730. The summed E-state index contributed by atoms with van der Waals surface area (Å²) in [5.41, 5.74) is 3.19. The third kappa shape index (κ3) is 5.06. The van der Waals surface area contributed by atoms with Crippen LogP contribution in [0.25, 0.3) is 11.1 Å². The molecule has 0 radical (unpaired) electrons. The molecule has 0 N–H and O–H groups in total. The van der Waals surface area contributed by atoms with E-state index in [0.717, 1.165) is 36.1 Å². The molecule has 2 aliphatic rings. The van der Waals surface area contributed by atoms with Crippen LogP contribution >= 0.6 is 0 Å². The molecular weight excluding hydrogens is 386 g/mol. The zero-order chi connectivity index (χ0) is 20.3. The van der Waals surface area contributed by atoms with Crippen LogP contribution in [-0.4, -0.2) is 56.0 Å². The molecule has 0 unspecified atom stereocenters. The molecule has 2 aliphatic heterocycles. The van der Waals surface area contributed by atoms with Crippen molar-refractivity contribution >= 4 is 15.7 Å². The van der Waals surface area contributed by atoms with Crippen LogP contribution in [0.3, 0.4) is 0 Å². The van der Waals surface area contributed by atoms with Gasteiger partial charge in [-0.3, -0.25) is 4.79 Å². The second-order valence-electron chi connectivity index (χ2n) is 7.98. The van der Waals surface area contributed by atoms with Crippen LogP contribution in [0, 0.1) is 0 Å². The van der Waals surface area contributed by atoms with Crippen molar-refractivity contribution in [2.45, 2.75) is 37.8 Å². The number of carbonyl (C=O) groups is 1. The normalized spacial score (nSPS) is 23.2. The second-order valence-corrected chi connectivity index (χ2v) is 10.2. The Morgan fingerprint density at radius 2 is 1.72 bits per heavy atom. The summed E-state index contributed by atoms with van der Waals surface area (Å²) in [5, 5.41) is 0. The molecule has 0 saturated carbocycles. The van der Waals surface area contributed by atoms with E-state index < -0.39 is 9.84 Å². The molecule has 2 fully saturated rings. The molecule has 0 aromatic heterocycles. The second kappa shape index (κ2) is 8.67. The third-order valence-corrected chi connectivity index (χ3v) is 7.56. The Bertz CT molecular complexity index is 935. The predicted molar refractivity (Wildman–Crippen MR) is 113 cm³/mol. The van der Waals surface area contributed by atoms with Gasteiger partial charge in [-0.2, -0.15) is 0 Å². The first-order chi connectivity index (χ1) is 14.0. The van der Waals surface area contributed by atoms with Crippen molar-refractivity contribution in [3.05, 3.63) is 60.2 Å². The predicted octanol–water partition coefficient (Wildman–Crippen LogP) is 3.09. The highest BCUT2D eigenvalue weighted by Crippen LogP contribution is 2.23. The zero-order valence-electron chi connectivity index (χ0n) is 16.5. The number of rotatable bonds is 6. The first kappa shape index (κ1) is 20.1. The summed E-state index contributed by atoms with van der Waals surface area (Å²) in [6.45, 7) is 1.21. The number of ether oxygens (including phenoxy) is 1. The minimum Gasteiger partial charge on any atom is -0.376 e. The van der Waals surface area contributed by atoms with Crippen molar-refractivity contribution in [2.75, 3.05) is 24.7 Å². The fourth-order valence-electron chi connectivity index (χ4n) is 4.21. The topological polar surface area (TPSA) is 63.7 Å². The SMILES string of the molecule is O=C(Cc1ccc(-c2ccccc2)cc1)N(C[C@@H]1CCCO1)[C@@H]1CCS(=O)(=O)C1. The molecule has 1 amide bonds. The average Bonchev–Trinajstić information content (AvgIpc) is 3.36. The smallest absolute Gasteiger partial charge is 0.227 e. The summed E-state index contributed by atoms with van der Waals surface area (Å²) in [7, 11) is -3.05. The lowest BCUT2D eigenvalue weighted by Gasteiger charge is -2.30. The molecule has 0 aliphatic carbocycles. The Morgan fingerprint density at radius 1 is 1.00 bits per heavy atom. The van der Waals surface area contributed by atoms with Gasteiger partial charge in [-0.1, -0.05) is 54.6 Å². The van der Waals surface area contributed by atoms with E-state index in [1.807, 2.05) is 42.5 Å². The van der Waals surface area contributed by atoms with E-state index >= 15 is 0 Å². The van der Waals surface area contributed by atoms with E-state index in [-0.39, 0.29) is 36.0 Å². The van der Waals surface area contributed by atoms with Gasteiger partial charge in [0, 0.05) is 19.2 Å². The molecule has 0 bridgehead atoms. The number of carbonyl (C=O) groups excluding carboxylic acids is 1. The summed E-state index contributed by atoms with van der Waals surface area (Å²) < 4.78 is 29.6. The molecule has 6 heteroatoms. The van der Waals surface area contributed by atoms with Crippen molar-refractivity contribution < 1.29 is 17.9 Å². The number of amides is 1. The molecule has 2 aromatic carbocycles. The standard InChI is InChI=1S/C23H27NO4S/c25-23(15-18-8-10-20(11-9-18)19-5-2-1-3-6-19)24(16-22-7-4-13-28-22)21-12-14-29(26,27)17-21/h1-3,5-6,8-11,21-22H,4,7,12-17H2/t21-,22+/m1/s1. The van der Waals surface area contributed by atoms with Crippen molar-refractivity contribution in [1.82, 2.24) is 4.90 Å². The summed E-state index contributed by atoms with van der Waals surface area (Å²) >= 11 is 0. The van der Waals surface area contributed by atoms with E-state index in [1.165, 1.54) is 0 Å². The molecule has 0 spiro atoms. The van der Waals surface area contributed by atoms with Crippen LogP contribution in [0.1, 0.15) is 24.8 Å². The Hall–Kier alpha value is -2.18. The lowest BCUT2D eigenvalue weighted by atomic mass is 10.0. The largest absolute Gasteiger partial charge is 0.376 e. The van der Waals surface area contributed by atoms with Gasteiger partial charge in [-0.25, -0.2) is 8.42 Å². The van der Waals surface area contributed by atoms with Crippen LogP contribution < -0.4 is 0 Å². The van der Waals surface area contributed by atoms with Crippen LogP contribution in [-0.2, 0) is 25.8 Å². The number of nitrogens with zero attached hydrogens (tertiary/aromatic N) is 1. The van der Waals surface area contributed by atoms with Gasteiger partial charge in [0.15, 0.2) is 9.84 Å². The Kier molecular flexibility index (Phi) is 6.01. The molecule has 2 aromatic rings. The van der Waals surface area contributed by atoms with Crippen LogP contribution in [0.5, 0.6) is 0 Å². The van der Waals surface area contributed by atoms with Gasteiger partial charge in [0.2, 0.25) is 5.91 Å². The van der Waals surface area contributed by atoms with Gasteiger partial charge in [0.25, 0.3) is 0 Å². The van der Waals surface area contributed by atoms with Crippen molar-refractivity contribution in [1.29, 1.82) is 0 Å². The lowest BCUT2D eigenvalue weighted by molar-refractivity contribution is -0.134. The highest BCUT2D eigenvalue weighted by Gasteiger charge is 2.36. The van der Waals surface area contributed by atoms with E-state index in [2.05, 4.69) is 12.1 Å². The highest BCUT2D eigenvalue weighted by atomic mass is 32.2. The van der Waals surface area contributed by atoms with Gasteiger partial charge >= 0.3 is 0 Å². The maximum absolute atomic E-state index is 13.1. The van der Waals surface area contributed by atoms with Crippen molar-refractivity contribution in [3.63, 3.8) is 0 Å². The van der Waals surface area contributed by atoms with Crippen LogP contribution in [0.15, 0.2) is 54.6 Å². The van der Waals surface area contributed by atoms with E-state index in [1.54, 1.807) is 4.90 Å². The first-order valence-electron chi connectivity index (χ1n) is 10.3. The molecule has 5 nitrogen and oxygen atoms in total. The highest BCUT2D eigenvalue weighted by molar-refractivity contribution is 7.91. The number of hydrogen-bond donors (Lipinski definition) is 0. The van der Waals surface area contributed by atoms with Gasteiger partial charge in [0.1, 0.15) is 0 Å². The monoisotopic (exact) mass is 413 g/mol. The fraction of sp³-hybridized carbons (Fsp3) is 0.435. The molecule has 29 heavy (non-hydrogen) atoms. The summed E-state index contributed by atoms with van der Waals surface area (Å²) in [6, 6.07) is 17.9. The van der Waals surface area contributed by atoms with Gasteiger partial charge in [0.05, 0.1) is 24.0 Å². The molecule has 154 valence electrons. The van der Waals surface area contributed by atoms with Gasteiger partial charge < -0.3 is 9.64 Å². The van der Waals surface area contributed by atoms with E-state index in [0.29, 0.717) is 13.0 Å². The van der Waals surface area contributed by atoms with Gasteiger partial charge in [-0.15, -0.1) is 0 Å². The maximum atomic E-state index is 13.1. The van der Waals surface area contributed by atoms with Crippen LogP contribution in [0.4, 0.5) is 0 Å². The Morgan fingerprint density at radius 3 is 2.34 bits per heavy atom. The maximum Gasteiger partial charge on any atom is 0.227 e. The minimum atomic E-state index is -3.05. The van der Waals surface area contributed by atoms with E-state index in [4.69, 9.17) is 4.74 Å². The van der Waals surface area contributed by atoms with Crippen molar-refractivity contribution in [2.24, 2.45) is 0 Å². The first-order valence-corrected chi connectivity index (χ1v) is 12.1. The number of hydrogen-bond acceptors (Lipinski definition) is 4. The zero-order valence-corrected chi connectivity index (χ0v) is 17.3. The lowest BCUT2D eigenvalue weighted by Crippen LogP contribution is -2.45. The number of sulfone groups is 1. The van der Waals surface area contributed by atoms with Crippen LogP contribution in [0.2, 0.25) is 0 Å². The third-order valence-electron chi connectivity index (χ3n) is 5.81. The molecule has 2 saturated heterocycles. The molecule has 4 rings (SSSR count). The summed E-state index contributed by atoms with van der Waals surface area (Å²) in [4.78, 5) is 14.9. The molecule has 2 atom stereocenters. The number of benzene rings is 2.